The molecule has 1 N–H and O–H groups in total. The lowest BCUT2D eigenvalue weighted by Gasteiger charge is -1.87. The molecule has 0 atom stereocenters. The molecular formula is C8H9NO2. The molecule has 0 aliphatic carbocycles. The maximum atomic E-state index is 11.0. The molecule has 11 heavy (non-hydrogen) atoms. The fourth-order valence-electron chi connectivity index (χ4n) is 0.845. The minimum absolute atomic E-state index is 0.0503. The number of nitrogens with one attached hydrogen (secondary N) is 1. The van der Waals surface area contributed by atoms with Crippen molar-refractivity contribution in [3.8, 4) is 0 Å². The molecule has 1 aromatic rings. The van der Waals surface area contributed by atoms with Crippen molar-refractivity contribution in [1.82, 2.24) is 4.98 Å². The normalized spacial score (nSPS) is 9.55. The average molecular weight is 151 g/mol. The molecule has 0 radical (unpaired) electrons. The summed E-state index contributed by atoms with van der Waals surface area (Å²) < 4.78 is 0. The van der Waals surface area contributed by atoms with E-state index >= 15 is 0 Å². The summed E-state index contributed by atoms with van der Waals surface area (Å²) in [6, 6.07) is 1.55. The van der Waals surface area contributed by atoms with Crippen LogP contribution < -0.4 is 0 Å². The highest BCUT2D eigenvalue weighted by atomic mass is 16.1. The number of aromatic nitrogens is 1. The van der Waals surface area contributed by atoms with E-state index in [1.807, 2.05) is 0 Å². The van der Waals surface area contributed by atoms with Crippen molar-refractivity contribution in [3.05, 3.63) is 23.5 Å². The van der Waals surface area contributed by atoms with Gasteiger partial charge in [0.1, 0.15) is 0 Å². The molecule has 0 amide bonds. The summed E-state index contributed by atoms with van der Waals surface area (Å²) in [6.45, 7) is 1.79. The molecule has 3 heteroatoms. The van der Waals surface area contributed by atoms with Gasteiger partial charge in [-0.3, -0.25) is 9.59 Å². The van der Waals surface area contributed by atoms with Gasteiger partial charge in [0.15, 0.2) is 12.1 Å². The second kappa shape index (κ2) is 3.14. The zero-order valence-corrected chi connectivity index (χ0v) is 6.26. The standard InChI is InChI=1S/C8H9NO2/c1-2-8(11)6-3-7(5-10)9-4-6/h3-5,9H,2H2,1H3. The number of Topliss-reactive ketones (excluding diaryl/α,β-unsaturated/α-hetero) is 1. The summed E-state index contributed by atoms with van der Waals surface area (Å²) >= 11 is 0. The van der Waals surface area contributed by atoms with E-state index < -0.39 is 0 Å². The Morgan fingerprint density at radius 1 is 1.73 bits per heavy atom. The second-order valence-electron chi connectivity index (χ2n) is 2.24. The molecule has 58 valence electrons. The SMILES string of the molecule is CCC(=O)c1c[nH]c(C=O)c1. The largest absolute Gasteiger partial charge is 0.358 e. The highest BCUT2D eigenvalue weighted by molar-refractivity contribution is 5.97. The van der Waals surface area contributed by atoms with E-state index in [4.69, 9.17) is 0 Å². The lowest BCUT2D eigenvalue weighted by atomic mass is 10.2. The Bertz CT molecular complexity index is 275. The number of aromatic amines is 1. The maximum Gasteiger partial charge on any atom is 0.166 e. The number of H-pyrrole nitrogens is 1. The summed E-state index contributed by atoms with van der Waals surface area (Å²) in [5, 5.41) is 0. The molecule has 1 rings (SSSR count). The van der Waals surface area contributed by atoms with Gasteiger partial charge >= 0.3 is 0 Å². The average Bonchev–Trinajstić information content (AvgIpc) is 2.50. The maximum absolute atomic E-state index is 11.0. The van der Waals surface area contributed by atoms with Crippen LogP contribution in [0.5, 0.6) is 0 Å². The van der Waals surface area contributed by atoms with Crippen molar-refractivity contribution in [3.63, 3.8) is 0 Å². The van der Waals surface area contributed by atoms with E-state index in [0.29, 0.717) is 24.0 Å². The smallest absolute Gasteiger partial charge is 0.166 e. The Kier molecular flexibility index (Phi) is 2.21. The number of rotatable bonds is 3. The highest BCUT2D eigenvalue weighted by Gasteiger charge is 2.04. The minimum atomic E-state index is 0.0503. The highest BCUT2D eigenvalue weighted by Crippen LogP contribution is 2.04. The Balaban J connectivity index is 2.88. The topological polar surface area (TPSA) is 49.9 Å². The van der Waals surface area contributed by atoms with E-state index in [0.717, 1.165) is 0 Å². The van der Waals surface area contributed by atoms with E-state index in [1.54, 1.807) is 19.2 Å². The Morgan fingerprint density at radius 3 is 2.91 bits per heavy atom. The fraction of sp³-hybridized carbons (Fsp3) is 0.250. The molecule has 0 aliphatic heterocycles. The first-order chi connectivity index (χ1) is 5.27. The van der Waals surface area contributed by atoms with Gasteiger partial charge < -0.3 is 4.98 Å². The second-order valence-corrected chi connectivity index (χ2v) is 2.24. The van der Waals surface area contributed by atoms with Crippen LogP contribution in [0.15, 0.2) is 12.3 Å². The Hall–Kier alpha value is -1.38. The molecule has 0 fully saturated rings. The van der Waals surface area contributed by atoms with E-state index in [9.17, 15) is 9.59 Å². The number of carbonyl (C=O) groups is 2. The van der Waals surface area contributed by atoms with Gasteiger partial charge in [-0.05, 0) is 6.07 Å². The van der Waals surface area contributed by atoms with Crippen LogP contribution in [0.3, 0.4) is 0 Å². The lowest BCUT2D eigenvalue weighted by Crippen LogP contribution is -1.92. The zero-order valence-electron chi connectivity index (χ0n) is 6.26. The third-order valence-corrected chi connectivity index (χ3v) is 1.48. The Morgan fingerprint density at radius 2 is 2.45 bits per heavy atom. The molecule has 0 aliphatic rings. The van der Waals surface area contributed by atoms with Crippen LogP contribution in [0.2, 0.25) is 0 Å². The van der Waals surface area contributed by atoms with Gasteiger partial charge in [0.05, 0.1) is 5.69 Å². The van der Waals surface area contributed by atoms with Crippen molar-refractivity contribution in [1.29, 1.82) is 0 Å². The van der Waals surface area contributed by atoms with Gasteiger partial charge in [0, 0.05) is 18.2 Å². The summed E-state index contributed by atoms with van der Waals surface area (Å²) in [5.74, 6) is 0.0503. The molecule has 3 nitrogen and oxygen atoms in total. The zero-order chi connectivity index (χ0) is 8.27. The van der Waals surface area contributed by atoms with E-state index in [-0.39, 0.29) is 5.78 Å². The minimum Gasteiger partial charge on any atom is -0.358 e. The van der Waals surface area contributed by atoms with Crippen LogP contribution in [0.4, 0.5) is 0 Å². The van der Waals surface area contributed by atoms with Crippen molar-refractivity contribution in [2.75, 3.05) is 0 Å². The lowest BCUT2D eigenvalue weighted by molar-refractivity contribution is 0.0988. The third kappa shape index (κ3) is 1.55. The predicted molar refractivity (Wildman–Crippen MR) is 40.8 cm³/mol. The number of hydrogen-bond acceptors (Lipinski definition) is 2. The summed E-state index contributed by atoms with van der Waals surface area (Å²) in [7, 11) is 0. The molecule has 0 saturated heterocycles. The first-order valence-electron chi connectivity index (χ1n) is 3.44. The van der Waals surface area contributed by atoms with Gasteiger partial charge in [-0.15, -0.1) is 0 Å². The number of aldehydes is 1. The van der Waals surface area contributed by atoms with E-state index in [2.05, 4.69) is 4.98 Å². The molecule has 1 aromatic heterocycles. The molecule has 0 aromatic carbocycles. The summed E-state index contributed by atoms with van der Waals surface area (Å²) in [4.78, 5) is 23.9. The number of carbonyl (C=O) groups excluding carboxylic acids is 2. The molecule has 0 saturated carbocycles. The van der Waals surface area contributed by atoms with Gasteiger partial charge in [-0.25, -0.2) is 0 Å². The Labute approximate surface area is 64.4 Å². The van der Waals surface area contributed by atoms with Crippen molar-refractivity contribution in [2.24, 2.45) is 0 Å². The van der Waals surface area contributed by atoms with Crippen LogP contribution in [-0.2, 0) is 0 Å². The van der Waals surface area contributed by atoms with Gasteiger partial charge in [-0.2, -0.15) is 0 Å². The van der Waals surface area contributed by atoms with Crippen LogP contribution in [-0.4, -0.2) is 17.1 Å². The van der Waals surface area contributed by atoms with Gasteiger partial charge in [0.25, 0.3) is 0 Å². The van der Waals surface area contributed by atoms with Crippen molar-refractivity contribution >= 4 is 12.1 Å². The van der Waals surface area contributed by atoms with Crippen molar-refractivity contribution < 1.29 is 9.59 Å². The third-order valence-electron chi connectivity index (χ3n) is 1.48. The summed E-state index contributed by atoms with van der Waals surface area (Å²) in [5.41, 5.74) is 1.02. The van der Waals surface area contributed by atoms with Gasteiger partial charge in [0.2, 0.25) is 0 Å². The molecular weight excluding hydrogens is 142 g/mol. The first kappa shape index (κ1) is 7.72. The first-order valence-corrected chi connectivity index (χ1v) is 3.44. The van der Waals surface area contributed by atoms with Crippen LogP contribution in [0.1, 0.15) is 34.2 Å². The summed E-state index contributed by atoms with van der Waals surface area (Å²) in [6.07, 6.45) is 2.71. The molecule has 0 spiro atoms. The monoisotopic (exact) mass is 151 g/mol. The predicted octanol–water partition coefficient (Wildman–Crippen LogP) is 1.42. The van der Waals surface area contributed by atoms with E-state index in [1.165, 1.54) is 0 Å². The van der Waals surface area contributed by atoms with Gasteiger partial charge in [-0.1, -0.05) is 6.92 Å². The van der Waals surface area contributed by atoms with Crippen molar-refractivity contribution in [2.45, 2.75) is 13.3 Å². The number of ketones is 1. The molecule has 0 unspecified atom stereocenters. The van der Waals surface area contributed by atoms with Crippen LogP contribution in [0, 0.1) is 0 Å². The number of hydrogen-bond donors (Lipinski definition) is 1. The molecule has 1 heterocycles. The molecule has 0 bridgehead atoms. The fourth-order valence-corrected chi connectivity index (χ4v) is 0.845. The van der Waals surface area contributed by atoms with Crippen LogP contribution in [0.25, 0.3) is 0 Å². The quantitative estimate of drug-likeness (QED) is 0.524. The van der Waals surface area contributed by atoms with Crippen LogP contribution >= 0.6 is 0 Å².